The fraction of sp³-hybridized carbons (Fsp3) is 0.353. The Balaban J connectivity index is 1.69. The molecule has 3 rings (SSSR count). The number of carbonyl (C=O) groups is 1. The predicted molar refractivity (Wildman–Crippen MR) is 85.1 cm³/mol. The summed E-state index contributed by atoms with van der Waals surface area (Å²) in [5.74, 6) is 0.185. The quantitative estimate of drug-likeness (QED) is 0.938. The summed E-state index contributed by atoms with van der Waals surface area (Å²) in [5, 5.41) is 3.42. The highest BCUT2D eigenvalue weighted by Crippen LogP contribution is 2.22. The van der Waals surface area contributed by atoms with Gasteiger partial charge >= 0.3 is 0 Å². The van der Waals surface area contributed by atoms with Gasteiger partial charge in [0.1, 0.15) is 6.33 Å². The molecule has 114 valence electrons. The van der Waals surface area contributed by atoms with Crippen LogP contribution in [0.5, 0.6) is 0 Å². The van der Waals surface area contributed by atoms with E-state index in [1.165, 1.54) is 11.9 Å². The van der Waals surface area contributed by atoms with Crippen LogP contribution in [0.25, 0.3) is 11.1 Å². The molecule has 1 aromatic heterocycles. The van der Waals surface area contributed by atoms with E-state index in [0.717, 1.165) is 24.1 Å². The largest absolute Gasteiger partial charge is 0.344 e. The SMILES string of the molecule is C[C@@H](N[C@H]1CCN(C)C1=O)c1ccc(-c2cncnc2)cc1. The van der Waals surface area contributed by atoms with Crippen molar-refractivity contribution in [3.05, 3.63) is 48.5 Å². The molecule has 1 aliphatic heterocycles. The molecule has 0 radical (unpaired) electrons. The van der Waals surface area contributed by atoms with Gasteiger partial charge in [0.2, 0.25) is 5.91 Å². The fourth-order valence-corrected chi connectivity index (χ4v) is 2.79. The minimum absolute atomic E-state index is 0.0674. The van der Waals surface area contributed by atoms with Crippen LogP contribution in [-0.2, 0) is 4.79 Å². The second-order valence-corrected chi connectivity index (χ2v) is 5.74. The molecule has 0 saturated carbocycles. The van der Waals surface area contributed by atoms with E-state index in [0.29, 0.717) is 0 Å². The van der Waals surface area contributed by atoms with E-state index < -0.39 is 0 Å². The average molecular weight is 296 g/mol. The normalized spacial score (nSPS) is 19.5. The van der Waals surface area contributed by atoms with Gasteiger partial charge in [0.15, 0.2) is 0 Å². The molecule has 5 heteroatoms. The van der Waals surface area contributed by atoms with Crippen LogP contribution in [0.2, 0.25) is 0 Å². The lowest BCUT2D eigenvalue weighted by Crippen LogP contribution is -2.38. The number of aromatic nitrogens is 2. The van der Waals surface area contributed by atoms with Crippen molar-refractivity contribution < 1.29 is 4.79 Å². The highest BCUT2D eigenvalue weighted by atomic mass is 16.2. The van der Waals surface area contributed by atoms with Crippen LogP contribution in [0.4, 0.5) is 0 Å². The highest BCUT2D eigenvalue weighted by Gasteiger charge is 2.29. The molecule has 2 atom stereocenters. The summed E-state index contributed by atoms with van der Waals surface area (Å²) in [6.45, 7) is 2.92. The zero-order valence-electron chi connectivity index (χ0n) is 12.9. The first-order valence-electron chi connectivity index (χ1n) is 7.51. The maximum atomic E-state index is 12.0. The lowest BCUT2D eigenvalue weighted by Gasteiger charge is -2.19. The molecule has 1 aliphatic rings. The van der Waals surface area contributed by atoms with Crippen LogP contribution < -0.4 is 5.32 Å². The number of hydrogen-bond donors (Lipinski definition) is 1. The Labute approximate surface area is 130 Å². The van der Waals surface area contributed by atoms with E-state index in [1.54, 1.807) is 17.3 Å². The van der Waals surface area contributed by atoms with Crippen LogP contribution >= 0.6 is 0 Å². The molecule has 1 amide bonds. The van der Waals surface area contributed by atoms with Gasteiger partial charge in [-0.05, 0) is 24.5 Å². The van der Waals surface area contributed by atoms with Gasteiger partial charge in [0.25, 0.3) is 0 Å². The number of carbonyl (C=O) groups excluding carboxylic acids is 1. The third-order valence-electron chi connectivity index (χ3n) is 4.18. The zero-order chi connectivity index (χ0) is 15.5. The van der Waals surface area contributed by atoms with Crippen LogP contribution in [0, 0.1) is 0 Å². The minimum atomic E-state index is -0.0674. The Morgan fingerprint density at radius 2 is 1.86 bits per heavy atom. The number of likely N-dealkylation sites (N-methyl/N-ethyl adjacent to an activating group) is 1. The number of nitrogens with one attached hydrogen (secondary N) is 1. The molecule has 0 unspecified atom stereocenters. The molecule has 0 aliphatic carbocycles. The molecular formula is C17H20N4O. The summed E-state index contributed by atoms with van der Waals surface area (Å²) in [4.78, 5) is 21.8. The molecule has 1 saturated heterocycles. The van der Waals surface area contributed by atoms with E-state index in [2.05, 4.69) is 46.5 Å². The van der Waals surface area contributed by atoms with Gasteiger partial charge in [-0.25, -0.2) is 9.97 Å². The second kappa shape index (κ2) is 6.23. The van der Waals surface area contributed by atoms with E-state index in [9.17, 15) is 4.79 Å². The summed E-state index contributed by atoms with van der Waals surface area (Å²) in [5.41, 5.74) is 3.26. The lowest BCUT2D eigenvalue weighted by molar-refractivity contribution is -0.128. The molecule has 2 heterocycles. The number of likely N-dealkylation sites (tertiary alicyclic amines) is 1. The number of amides is 1. The van der Waals surface area contributed by atoms with Crippen molar-refractivity contribution in [2.24, 2.45) is 0 Å². The Hall–Kier alpha value is -2.27. The van der Waals surface area contributed by atoms with Gasteiger partial charge in [-0.3, -0.25) is 10.1 Å². The number of nitrogens with zero attached hydrogens (tertiary/aromatic N) is 3. The van der Waals surface area contributed by atoms with Crippen molar-refractivity contribution in [1.82, 2.24) is 20.2 Å². The summed E-state index contributed by atoms with van der Waals surface area (Å²) in [7, 11) is 1.85. The van der Waals surface area contributed by atoms with Crippen LogP contribution in [0.1, 0.15) is 24.9 Å². The number of benzene rings is 1. The van der Waals surface area contributed by atoms with Crippen LogP contribution in [0.3, 0.4) is 0 Å². The van der Waals surface area contributed by atoms with Gasteiger partial charge in [0.05, 0.1) is 6.04 Å². The van der Waals surface area contributed by atoms with Crippen molar-refractivity contribution >= 4 is 5.91 Å². The summed E-state index contributed by atoms with van der Waals surface area (Å²) in [6.07, 6.45) is 6.01. The van der Waals surface area contributed by atoms with Crippen molar-refractivity contribution in [3.63, 3.8) is 0 Å². The Kier molecular flexibility index (Phi) is 4.15. The van der Waals surface area contributed by atoms with E-state index in [4.69, 9.17) is 0 Å². The first-order valence-corrected chi connectivity index (χ1v) is 7.51. The zero-order valence-corrected chi connectivity index (χ0v) is 12.9. The Morgan fingerprint density at radius 1 is 1.18 bits per heavy atom. The summed E-state index contributed by atoms with van der Waals surface area (Å²) < 4.78 is 0. The Bertz CT molecular complexity index is 641. The number of hydrogen-bond acceptors (Lipinski definition) is 4. The first kappa shape index (κ1) is 14.7. The predicted octanol–water partition coefficient (Wildman–Crippen LogP) is 2.02. The van der Waals surface area contributed by atoms with Gasteiger partial charge in [-0.1, -0.05) is 24.3 Å². The summed E-state index contributed by atoms with van der Waals surface area (Å²) in [6, 6.07) is 8.37. The van der Waals surface area contributed by atoms with Crippen LogP contribution in [0.15, 0.2) is 43.0 Å². The molecule has 1 fully saturated rings. The molecule has 0 bridgehead atoms. The van der Waals surface area contributed by atoms with Crippen molar-refractivity contribution in [1.29, 1.82) is 0 Å². The van der Waals surface area contributed by atoms with Crippen molar-refractivity contribution in [3.8, 4) is 11.1 Å². The van der Waals surface area contributed by atoms with Crippen molar-refractivity contribution in [2.75, 3.05) is 13.6 Å². The van der Waals surface area contributed by atoms with Gasteiger partial charge in [-0.15, -0.1) is 0 Å². The standard InChI is InChI=1S/C17H20N4O/c1-12(20-16-7-8-21(2)17(16)22)13-3-5-14(6-4-13)15-9-18-11-19-10-15/h3-6,9-12,16,20H,7-8H2,1-2H3/t12-,16+/m1/s1. The molecule has 1 aromatic carbocycles. The third kappa shape index (κ3) is 2.99. The average Bonchev–Trinajstić information content (AvgIpc) is 2.88. The first-order chi connectivity index (χ1) is 10.6. The van der Waals surface area contributed by atoms with Gasteiger partial charge < -0.3 is 4.90 Å². The molecule has 0 spiro atoms. The fourth-order valence-electron chi connectivity index (χ4n) is 2.79. The molecular weight excluding hydrogens is 276 g/mol. The number of rotatable bonds is 4. The topological polar surface area (TPSA) is 58.1 Å². The molecule has 2 aromatic rings. The second-order valence-electron chi connectivity index (χ2n) is 5.74. The summed E-state index contributed by atoms with van der Waals surface area (Å²) >= 11 is 0. The van der Waals surface area contributed by atoms with E-state index >= 15 is 0 Å². The maximum absolute atomic E-state index is 12.0. The van der Waals surface area contributed by atoms with Gasteiger partial charge in [-0.2, -0.15) is 0 Å². The monoisotopic (exact) mass is 296 g/mol. The molecule has 1 N–H and O–H groups in total. The van der Waals surface area contributed by atoms with E-state index in [-0.39, 0.29) is 18.0 Å². The lowest BCUT2D eigenvalue weighted by atomic mass is 10.0. The van der Waals surface area contributed by atoms with Gasteiger partial charge in [0, 0.05) is 37.6 Å². The van der Waals surface area contributed by atoms with E-state index in [1.807, 2.05) is 7.05 Å². The third-order valence-corrected chi connectivity index (χ3v) is 4.18. The minimum Gasteiger partial charge on any atom is -0.344 e. The molecule has 5 nitrogen and oxygen atoms in total. The Morgan fingerprint density at radius 3 is 2.45 bits per heavy atom. The molecule has 22 heavy (non-hydrogen) atoms. The van der Waals surface area contributed by atoms with Crippen molar-refractivity contribution in [2.45, 2.75) is 25.4 Å². The maximum Gasteiger partial charge on any atom is 0.239 e. The highest BCUT2D eigenvalue weighted by molar-refractivity contribution is 5.83. The smallest absolute Gasteiger partial charge is 0.239 e. The van der Waals surface area contributed by atoms with Crippen LogP contribution in [-0.4, -0.2) is 40.4 Å².